The number of fused-ring (bicyclic) bond motifs is 7. The van der Waals surface area contributed by atoms with Crippen LogP contribution in [0.1, 0.15) is 36.0 Å². The number of allylic oxidation sites excluding steroid dienone is 4. The van der Waals surface area contributed by atoms with E-state index in [1.54, 1.807) is 0 Å². The highest BCUT2D eigenvalue weighted by Gasteiger charge is 2.47. The quantitative estimate of drug-likeness (QED) is 0.273. The Bertz CT molecular complexity index is 1570. The maximum atomic E-state index is 5.34. The van der Waals surface area contributed by atoms with Gasteiger partial charge in [-0.3, -0.25) is 4.99 Å². The highest BCUT2D eigenvalue weighted by molar-refractivity contribution is 14.1. The van der Waals surface area contributed by atoms with E-state index in [1.165, 1.54) is 42.5 Å². The Morgan fingerprint density at radius 2 is 1.53 bits per heavy atom. The van der Waals surface area contributed by atoms with E-state index in [4.69, 9.17) is 4.99 Å². The predicted octanol–water partition coefficient (Wildman–Crippen LogP) is 8.61. The van der Waals surface area contributed by atoms with E-state index in [1.807, 2.05) is 0 Å². The molecule has 2 heterocycles. The Morgan fingerprint density at radius 3 is 2.34 bits per heavy atom. The molecule has 0 aromatic heterocycles. The Balaban J connectivity index is 1.25. The van der Waals surface area contributed by atoms with E-state index in [0.717, 1.165) is 12.3 Å². The Morgan fingerprint density at radius 1 is 0.816 bits per heavy atom. The monoisotopic (exact) mass is 604 g/mol. The van der Waals surface area contributed by atoms with Crippen LogP contribution in [0, 0.1) is 0 Å². The van der Waals surface area contributed by atoms with Crippen LogP contribution in [0.25, 0.3) is 22.8 Å². The zero-order valence-electron chi connectivity index (χ0n) is 21.3. The van der Waals surface area contributed by atoms with Crippen LogP contribution >= 0.6 is 22.6 Å². The van der Waals surface area contributed by atoms with Gasteiger partial charge in [0.05, 0.1) is 21.7 Å². The summed E-state index contributed by atoms with van der Waals surface area (Å²) in [6.45, 7) is 2.20. The molecule has 2 aliphatic heterocycles. The minimum atomic E-state index is 0.115. The van der Waals surface area contributed by atoms with Crippen molar-refractivity contribution in [2.45, 2.75) is 37.4 Å². The van der Waals surface area contributed by atoms with Crippen molar-refractivity contribution in [1.29, 1.82) is 0 Å². The molecule has 3 unspecified atom stereocenters. The van der Waals surface area contributed by atoms with Gasteiger partial charge in [-0.2, -0.15) is 0 Å². The van der Waals surface area contributed by atoms with Gasteiger partial charge >= 0.3 is 0 Å². The first-order chi connectivity index (χ1) is 18.7. The Labute approximate surface area is 238 Å². The number of amidine groups is 1. The summed E-state index contributed by atoms with van der Waals surface area (Å²) in [5.41, 5.74) is 9.13. The molecule has 0 radical (unpaired) electrons. The highest BCUT2D eigenvalue weighted by Crippen LogP contribution is 2.48. The summed E-state index contributed by atoms with van der Waals surface area (Å²) in [6, 6.07) is 29.0. The lowest BCUT2D eigenvalue weighted by Gasteiger charge is -2.45. The lowest BCUT2D eigenvalue weighted by molar-refractivity contribution is 0.291. The van der Waals surface area contributed by atoms with Crippen molar-refractivity contribution in [2.24, 2.45) is 4.99 Å². The van der Waals surface area contributed by atoms with Crippen LogP contribution in [0.4, 0.5) is 0 Å². The molecule has 3 aromatic carbocycles. The fourth-order valence-corrected chi connectivity index (χ4v) is 7.23. The lowest BCUT2D eigenvalue weighted by atomic mass is 9.75. The molecule has 3 heteroatoms. The fourth-order valence-electron chi connectivity index (χ4n) is 6.30. The van der Waals surface area contributed by atoms with Gasteiger partial charge in [0.25, 0.3) is 0 Å². The molecule has 38 heavy (non-hydrogen) atoms. The molecule has 0 amide bonds. The van der Waals surface area contributed by atoms with Crippen molar-refractivity contribution >= 4 is 40.1 Å². The third-order valence-corrected chi connectivity index (χ3v) is 9.23. The third-order valence-electron chi connectivity index (χ3n) is 8.12. The minimum absolute atomic E-state index is 0.115. The van der Waals surface area contributed by atoms with E-state index in [0.29, 0.717) is 5.92 Å². The van der Waals surface area contributed by atoms with Gasteiger partial charge in [-0.05, 0) is 74.1 Å². The average Bonchev–Trinajstić information content (AvgIpc) is 3.37. The summed E-state index contributed by atoms with van der Waals surface area (Å²) >= 11 is 2.55. The van der Waals surface area contributed by atoms with E-state index in [2.05, 4.69) is 156 Å². The summed E-state index contributed by atoms with van der Waals surface area (Å²) in [4.78, 5) is 7.92. The molecule has 0 saturated carbocycles. The lowest BCUT2D eigenvalue weighted by Crippen LogP contribution is -2.51. The van der Waals surface area contributed by atoms with Crippen molar-refractivity contribution in [3.05, 3.63) is 141 Å². The number of aliphatic imine (C=N–C) groups is 1. The van der Waals surface area contributed by atoms with Gasteiger partial charge in [-0.25, -0.2) is 0 Å². The van der Waals surface area contributed by atoms with Gasteiger partial charge in [0.2, 0.25) is 0 Å². The molecule has 2 aliphatic carbocycles. The first-order valence-corrected chi connectivity index (χ1v) is 14.6. The molecule has 4 aliphatic rings. The summed E-state index contributed by atoms with van der Waals surface area (Å²) < 4.78 is 1.28. The van der Waals surface area contributed by atoms with Crippen molar-refractivity contribution < 1.29 is 0 Å². The maximum Gasteiger partial charge on any atom is 0.139 e. The molecule has 186 valence electrons. The van der Waals surface area contributed by atoms with Crippen LogP contribution in [0.2, 0.25) is 0 Å². The average molecular weight is 605 g/mol. The first kappa shape index (κ1) is 23.7. The van der Waals surface area contributed by atoms with E-state index >= 15 is 0 Å². The maximum absolute atomic E-state index is 5.34. The van der Waals surface area contributed by atoms with Gasteiger partial charge in [-0.15, -0.1) is 0 Å². The number of benzene rings is 3. The van der Waals surface area contributed by atoms with Crippen molar-refractivity contribution in [2.75, 3.05) is 0 Å². The van der Waals surface area contributed by atoms with Gasteiger partial charge < -0.3 is 4.90 Å². The minimum Gasteiger partial charge on any atom is -0.340 e. The zero-order valence-corrected chi connectivity index (χ0v) is 23.5. The molecule has 4 atom stereocenters. The van der Waals surface area contributed by atoms with Crippen LogP contribution in [0.3, 0.4) is 0 Å². The number of halogens is 1. The standard InChI is InChI=1S/C35H29IN2/c1-2-3-12-29-33-28-13-8-7-11-26(28)18-21-32(33)38-31-20-19-27(22-30(31)37-35(38)34(29)36)25-16-14-24(15-17-25)23-9-5-4-6-10-23/h3-22,30-33H,2H2,1H3/b12-3-/t30?,31?,32?,33-/m0/s1. The molecule has 0 saturated heterocycles. The highest BCUT2D eigenvalue weighted by atomic mass is 127. The van der Waals surface area contributed by atoms with Crippen molar-refractivity contribution in [1.82, 2.24) is 4.90 Å². The van der Waals surface area contributed by atoms with Crippen molar-refractivity contribution in [3.63, 3.8) is 0 Å². The topological polar surface area (TPSA) is 15.6 Å². The summed E-state index contributed by atoms with van der Waals surface area (Å²) in [5, 5.41) is 0. The van der Waals surface area contributed by atoms with Crippen molar-refractivity contribution in [3.8, 4) is 11.1 Å². The summed E-state index contributed by atoms with van der Waals surface area (Å²) in [6.07, 6.45) is 17.4. The molecule has 0 N–H and O–H groups in total. The summed E-state index contributed by atoms with van der Waals surface area (Å²) in [5.74, 6) is 1.45. The van der Waals surface area contributed by atoms with Crippen LogP contribution in [0.5, 0.6) is 0 Å². The summed E-state index contributed by atoms with van der Waals surface area (Å²) in [7, 11) is 0. The molecule has 0 spiro atoms. The number of hydrogen-bond donors (Lipinski definition) is 0. The second-order valence-electron chi connectivity index (χ2n) is 10.3. The molecule has 7 rings (SSSR count). The smallest absolute Gasteiger partial charge is 0.139 e. The van der Waals surface area contributed by atoms with E-state index < -0.39 is 0 Å². The molecular formula is C35H29IN2. The molecular weight excluding hydrogens is 575 g/mol. The Hall–Kier alpha value is -3.44. The number of hydrogen-bond acceptors (Lipinski definition) is 2. The normalized spacial score (nSPS) is 25.1. The largest absolute Gasteiger partial charge is 0.340 e. The number of nitrogens with zero attached hydrogens (tertiary/aromatic N) is 2. The van der Waals surface area contributed by atoms with Gasteiger partial charge in [-0.1, -0.05) is 122 Å². The Kier molecular flexibility index (Phi) is 6.04. The van der Waals surface area contributed by atoms with Crippen LogP contribution < -0.4 is 0 Å². The van der Waals surface area contributed by atoms with Gasteiger partial charge in [0, 0.05) is 5.92 Å². The second-order valence-corrected chi connectivity index (χ2v) is 11.4. The number of rotatable bonds is 4. The SMILES string of the molecule is CC/C=C\C1=C(I)C2=NC3C=C(c4ccc(-c5ccccc5)cc4)C=CC3N2C2C=Cc3ccccc3[C@@H]12. The zero-order chi connectivity index (χ0) is 25.6. The van der Waals surface area contributed by atoms with Gasteiger partial charge in [0.1, 0.15) is 5.84 Å². The predicted molar refractivity (Wildman–Crippen MR) is 168 cm³/mol. The van der Waals surface area contributed by atoms with Crippen LogP contribution in [-0.4, -0.2) is 28.9 Å². The molecule has 0 bridgehead atoms. The molecule has 2 nitrogen and oxygen atoms in total. The second kappa shape index (κ2) is 9.70. The van der Waals surface area contributed by atoms with Crippen LogP contribution in [-0.2, 0) is 0 Å². The van der Waals surface area contributed by atoms with E-state index in [9.17, 15) is 0 Å². The van der Waals surface area contributed by atoms with E-state index in [-0.39, 0.29) is 18.1 Å². The van der Waals surface area contributed by atoms with Crippen LogP contribution in [0.15, 0.2) is 129 Å². The fraction of sp³-hybridized carbons (Fsp3) is 0.171. The first-order valence-electron chi connectivity index (χ1n) is 13.5. The third kappa shape index (κ3) is 3.87. The molecule has 3 aromatic rings. The van der Waals surface area contributed by atoms with Gasteiger partial charge in [0.15, 0.2) is 0 Å². The molecule has 0 fully saturated rings.